The molecule has 0 radical (unpaired) electrons. The molecule has 0 fully saturated rings. The Labute approximate surface area is 177 Å². The predicted octanol–water partition coefficient (Wildman–Crippen LogP) is 6.50. The fraction of sp³-hybridized carbons (Fsp3) is 0.0370. The van der Waals surface area contributed by atoms with Crippen LogP contribution in [0.2, 0.25) is 0 Å². The molecule has 4 rings (SSSR count). The first-order chi connectivity index (χ1) is 14.9. The van der Waals surface area contributed by atoms with Gasteiger partial charge < -0.3 is 0 Å². The third-order valence-electron chi connectivity index (χ3n) is 4.68. The summed E-state index contributed by atoms with van der Waals surface area (Å²) in [5.74, 6) is 7.23. The zero-order valence-corrected chi connectivity index (χ0v) is 16.4. The zero-order chi connectivity index (χ0) is 22.0. The molecule has 0 nitrogen and oxygen atoms in total. The Balaban J connectivity index is 1.63. The van der Waals surface area contributed by atoms with E-state index in [1.165, 1.54) is 24.3 Å². The van der Waals surface area contributed by atoms with E-state index in [0.717, 1.165) is 29.3 Å². The van der Waals surface area contributed by atoms with E-state index in [0.29, 0.717) is 10.9 Å². The van der Waals surface area contributed by atoms with Gasteiger partial charge in [-0.1, -0.05) is 53.5 Å². The van der Waals surface area contributed by atoms with Crippen molar-refractivity contribution in [2.45, 2.75) is 6.92 Å². The molecule has 31 heavy (non-hydrogen) atoms. The first-order valence-electron chi connectivity index (χ1n) is 9.38. The molecule has 0 bridgehead atoms. The summed E-state index contributed by atoms with van der Waals surface area (Å²) in [6, 6.07) is 16.6. The maximum atomic E-state index is 14.4. The Morgan fingerprint density at radius 1 is 0.548 bits per heavy atom. The smallest absolute Gasteiger partial charge is 0.166 e. The molecule has 0 aromatic heterocycles. The van der Waals surface area contributed by atoms with E-state index < -0.39 is 23.3 Å². The minimum absolute atomic E-state index is 0.111. The molecule has 4 aromatic rings. The molecule has 0 saturated heterocycles. The van der Waals surface area contributed by atoms with Gasteiger partial charge >= 0.3 is 0 Å². The minimum Gasteiger partial charge on any atom is -0.205 e. The van der Waals surface area contributed by atoms with Crippen molar-refractivity contribution >= 4 is 10.8 Å². The first kappa shape index (κ1) is 20.3. The molecular formula is C27H14F4. The highest BCUT2D eigenvalue weighted by molar-refractivity contribution is 5.84. The number of hydrogen-bond donors (Lipinski definition) is 0. The summed E-state index contributed by atoms with van der Waals surface area (Å²) >= 11 is 0. The van der Waals surface area contributed by atoms with Gasteiger partial charge in [-0.3, -0.25) is 0 Å². The van der Waals surface area contributed by atoms with E-state index in [9.17, 15) is 17.6 Å². The molecule has 0 atom stereocenters. The number of aryl methyl sites for hydroxylation is 1. The van der Waals surface area contributed by atoms with Crippen LogP contribution in [0.1, 0.15) is 27.8 Å². The predicted molar refractivity (Wildman–Crippen MR) is 113 cm³/mol. The van der Waals surface area contributed by atoms with Crippen molar-refractivity contribution in [2.75, 3.05) is 0 Å². The maximum absolute atomic E-state index is 14.4. The van der Waals surface area contributed by atoms with Gasteiger partial charge in [-0.05, 0) is 54.8 Å². The van der Waals surface area contributed by atoms with Crippen LogP contribution in [-0.4, -0.2) is 0 Å². The van der Waals surface area contributed by atoms with Crippen molar-refractivity contribution in [3.05, 3.63) is 118 Å². The van der Waals surface area contributed by atoms with Crippen molar-refractivity contribution < 1.29 is 17.6 Å². The average molecular weight is 414 g/mol. The zero-order valence-electron chi connectivity index (χ0n) is 16.4. The normalized spacial score (nSPS) is 10.2. The summed E-state index contributed by atoms with van der Waals surface area (Å²) in [5, 5.41) is 0.549. The standard InChI is InChI=1S/C27H14F4/c1-17-2-4-18(5-3-17)6-7-20-15-25(29)23(26(30)16-20)12-9-19-8-11-22-21(14-19)10-13-24(28)27(22)31/h2-5,8,10-11,13-16H,1H3. The SMILES string of the molecule is Cc1ccc(C#Cc2cc(F)c(C#Cc3ccc4c(F)c(F)ccc4c3)c(F)c2)cc1. The van der Waals surface area contributed by atoms with Crippen molar-refractivity contribution in [1.82, 2.24) is 0 Å². The second-order valence-corrected chi connectivity index (χ2v) is 6.98. The van der Waals surface area contributed by atoms with E-state index in [1.54, 1.807) is 0 Å². The monoisotopic (exact) mass is 414 g/mol. The first-order valence-corrected chi connectivity index (χ1v) is 9.38. The van der Waals surface area contributed by atoms with Gasteiger partial charge in [0.2, 0.25) is 0 Å². The van der Waals surface area contributed by atoms with Gasteiger partial charge in [0.1, 0.15) is 11.6 Å². The molecular weight excluding hydrogens is 400 g/mol. The Bertz CT molecular complexity index is 1400. The van der Waals surface area contributed by atoms with Crippen LogP contribution in [0.3, 0.4) is 0 Å². The molecule has 0 amide bonds. The molecule has 0 unspecified atom stereocenters. The topological polar surface area (TPSA) is 0 Å². The highest BCUT2D eigenvalue weighted by atomic mass is 19.2. The number of rotatable bonds is 0. The van der Waals surface area contributed by atoms with Crippen LogP contribution in [0.5, 0.6) is 0 Å². The van der Waals surface area contributed by atoms with Gasteiger partial charge in [0, 0.05) is 22.1 Å². The number of benzene rings is 4. The molecule has 0 N–H and O–H groups in total. The van der Waals surface area contributed by atoms with Gasteiger partial charge in [0.25, 0.3) is 0 Å². The second kappa shape index (κ2) is 8.38. The molecule has 0 aliphatic rings. The molecule has 0 spiro atoms. The fourth-order valence-electron chi connectivity index (χ4n) is 3.02. The molecule has 4 aromatic carbocycles. The molecule has 4 heteroatoms. The van der Waals surface area contributed by atoms with Crippen LogP contribution in [0.15, 0.2) is 66.7 Å². The minimum atomic E-state index is -0.948. The van der Waals surface area contributed by atoms with Crippen molar-refractivity contribution in [1.29, 1.82) is 0 Å². The van der Waals surface area contributed by atoms with Crippen LogP contribution in [0.4, 0.5) is 17.6 Å². The summed E-state index contributed by atoms with van der Waals surface area (Å²) in [4.78, 5) is 0. The van der Waals surface area contributed by atoms with Gasteiger partial charge in [0.05, 0.1) is 5.56 Å². The van der Waals surface area contributed by atoms with Crippen LogP contribution >= 0.6 is 0 Å². The second-order valence-electron chi connectivity index (χ2n) is 6.98. The highest BCUT2D eigenvalue weighted by Gasteiger charge is 2.09. The Kier molecular flexibility index (Phi) is 5.48. The summed E-state index contributed by atoms with van der Waals surface area (Å²) in [6.07, 6.45) is 0. The van der Waals surface area contributed by atoms with E-state index in [2.05, 4.69) is 23.7 Å². The summed E-state index contributed by atoms with van der Waals surface area (Å²) < 4.78 is 56.0. The maximum Gasteiger partial charge on any atom is 0.166 e. The van der Waals surface area contributed by atoms with E-state index in [4.69, 9.17) is 0 Å². The number of hydrogen-bond acceptors (Lipinski definition) is 0. The fourth-order valence-corrected chi connectivity index (χ4v) is 3.02. The van der Waals surface area contributed by atoms with Crippen molar-refractivity contribution in [3.63, 3.8) is 0 Å². The lowest BCUT2D eigenvalue weighted by atomic mass is 10.1. The lowest BCUT2D eigenvalue weighted by molar-refractivity contribution is 0.517. The van der Waals surface area contributed by atoms with Gasteiger partial charge in [-0.25, -0.2) is 17.6 Å². The summed E-state index contributed by atoms with van der Waals surface area (Å²) in [6.45, 7) is 1.96. The van der Waals surface area contributed by atoms with E-state index >= 15 is 0 Å². The third-order valence-corrected chi connectivity index (χ3v) is 4.68. The number of fused-ring (bicyclic) bond motifs is 1. The number of halogens is 4. The summed E-state index contributed by atoms with van der Waals surface area (Å²) in [7, 11) is 0. The average Bonchev–Trinajstić information content (AvgIpc) is 2.75. The lowest BCUT2D eigenvalue weighted by Crippen LogP contribution is -1.93. The molecule has 0 aliphatic carbocycles. The largest absolute Gasteiger partial charge is 0.205 e. The lowest BCUT2D eigenvalue weighted by Gasteiger charge is -2.01. The third kappa shape index (κ3) is 4.44. The van der Waals surface area contributed by atoms with Gasteiger partial charge in [-0.2, -0.15) is 0 Å². The Hall–Kier alpha value is -4.02. The van der Waals surface area contributed by atoms with Crippen molar-refractivity contribution in [3.8, 4) is 23.7 Å². The van der Waals surface area contributed by atoms with E-state index in [1.807, 2.05) is 31.2 Å². The van der Waals surface area contributed by atoms with Gasteiger partial charge in [-0.15, -0.1) is 0 Å². The van der Waals surface area contributed by atoms with Gasteiger partial charge in [0.15, 0.2) is 11.6 Å². The van der Waals surface area contributed by atoms with Crippen LogP contribution in [-0.2, 0) is 0 Å². The Morgan fingerprint density at radius 2 is 1.16 bits per heavy atom. The quantitative estimate of drug-likeness (QED) is 0.227. The molecule has 150 valence electrons. The van der Waals surface area contributed by atoms with Crippen LogP contribution in [0, 0.1) is 53.9 Å². The molecule has 0 heterocycles. The van der Waals surface area contributed by atoms with Crippen LogP contribution in [0.25, 0.3) is 10.8 Å². The highest BCUT2D eigenvalue weighted by Crippen LogP contribution is 2.21. The van der Waals surface area contributed by atoms with Crippen LogP contribution < -0.4 is 0 Å². The summed E-state index contributed by atoms with van der Waals surface area (Å²) in [5.41, 5.74) is 2.06. The Morgan fingerprint density at radius 3 is 1.87 bits per heavy atom. The van der Waals surface area contributed by atoms with Crippen molar-refractivity contribution in [2.24, 2.45) is 0 Å². The van der Waals surface area contributed by atoms with E-state index in [-0.39, 0.29) is 16.5 Å². The molecule has 0 aliphatic heterocycles. The molecule has 0 saturated carbocycles.